The molecule has 1 N–H and O–H groups in total. The van der Waals surface area contributed by atoms with Gasteiger partial charge in [-0.3, -0.25) is 0 Å². The third kappa shape index (κ3) is 1.82. The molecule has 0 rings (SSSR count). The van der Waals surface area contributed by atoms with E-state index in [1.54, 1.807) is 13.5 Å². The van der Waals surface area contributed by atoms with Gasteiger partial charge >= 0.3 is 0 Å². The summed E-state index contributed by atoms with van der Waals surface area (Å²) < 4.78 is 0. The van der Waals surface area contributed by atoms with Gasteiger partial charge in [0.25, 0.3) is 0 Å². The van der Waals surface area contributed by atoms with Crippen molar-refractivity contribution in [2.75, 3.05) is 7.05 Å². The van der Waals surface area contributed by atoms with Gasteiger partial charge in [0.15, 0.2) is 0 Å². The van der Waals surface area contributed by atoms with E-state index < -0.39 is 0 Å². The lowest BCUT2D eigenvalue weighted by Gasteiger charge is -1.93. The number of nitrogens with one attached hydrogen (secondary N) is 1. The topological polar surface area (TPSA) is 12.0 Å². The van der Waals surface area contributed by atoms with Gasteiger partial charge in [0.2, 0.25) is 0 Å². The zero-order valence-electron chi connectivity index (χ0n) is 4.15. The second-order valence-corrected chi connectivity index (χ2v) is 0.994. The molecule has 34 valence electrons. The van der Waals surface area contributed by atoms with Crippen molar-refractivity contribution in [3.05, 3.63) is 18.7 Å². The number of rotatable bonds is 2. The molecule has 0 heterocycles. The van der Waals surface area contributed by atoms with Crippen molar-refractivity contribution in [3.63, 3.8) is 0 Å². The van der Waals surface area contributed by atoms with Crippen molar-refractivity contribution in [2.24, 2.45) is 0 Å². The van der Waals surface area contributed by atoms with Gasteiger partial charge in [0, 0.05) is 19.2 Å². The molecule has 0 saturated heterocycles. The fraction of sp³-hybridized carbons (Fsp3) is 0.400. The molecule has 0 aromatic carbocycles. The van der Waals surface area contributed by atoms with Crippen LogP contribution in [0.1, 0.15) is 6.92 Å². The standard InChI is InChI=1S/C5H9N/c1-4-5(2)6-3/h2,4,6H,1,3H3. The summed E-state index contributed by atoms with van der Waals surface area (Å²) >= 11 is 0. The van der Waals surface area contributed by atoms with Crippen LogP contribution in [-0.4, -0.2) is 7.05 Å². The van der Waals surface area contributed by atoms with Gasteiger partial charge < -0.3 is 5.32 Å². The Kier molecular flexibility index (Phi) is 2.55. The first-order valence-corrected chi connectivity index (χ1v) is 1.90. The van der Waals surface area contributed by atoms with Crippen molar-refractivity contribution in [2.45, 2.75) is 6.92 Å². The monoisotopic (exact) mass is 83.1 g/mol. The van der Waals surface area contributed by atoms with Crippen LogP contribution in [0.15, 0.2) is 5.70 Å². The molecule has 0 aliphatic rings. The van der Waals surface area contributed by atoms with Crippen molar-refractivity contribution >= 4 is 0 Å². The molecule has 0 aromatic heterocycles. The van der Waals surface area contributed by atoms with Crippen LogP contribution in [0.4, 0.5) is 0 Å². The van der Waals surface area contributed by atoms with Crippen LogP contribution in [0.2, 0.25) is 0 Å². The fourth-order valence-electron chi connectivity index (χ4n) is 0.144. The number of hydrogen-bond donors (Lipinski definition) is 1. The van der Waals surface area contributed by atoms with Crippen LogP contribution in [0, 0.1) is 13.0 Å². The first kappa shape index (κ1) is 5.54. The Labute approximate surface area is 39.1 Å². The normalized spacial score (nSPS) is 7.67. The van der Waals surface area contributed by atoms with Crippen molar-refractivity contribution in [3.8, 4) is 0 Å². The lowest BCUT2D eigenvalue weighted by atomic mass is 10.4. The number of hydrogen-bond acceptors (Lipinski definition) is 1. The van der Waals surface area contributed by atoms with E-state index in [9.17, 15) is 0 Å². The third-order valence-electron chi connectivity index (χ3n) is 0.600. The highest BCUT2D eigenvalue weighted by Crippen LogP contribution is 1.82. The van der Waals surface area contributed by atoms with Gasteiger partial charge in [-0.05, 0) is 6.58 Å². The molecular weight excluding hydrogens is 74.1 g/mol. The summed E-state index contributed by atoms with van der Waals surface area (Å²) in [6, 6.07) is 0. The quantitative estimate of drug-likeness (QED) is 0.519. The maximum Gasteiger partial charge on any atom is 0.0140 e. The molecule has 0 amide bonds. The van der Waals surface area contributed by atoms with Gasteiger partial charge in [-0.2, -0.15) is 0 Å². The predicted molar refractivity (Wildman–Crippen MR) is 26.8 cm³/mol. The molecule has 1 nitrogen and oxygen atoms in total. The lowest BCUT2D eigenvalue weighted by Crippen LogP contribution is -2.02. The molecule has 0 aromatic rings. The van der Waals surface area contributed by atoms with Crippen molar-refractivity contribution in [1.82, 2.24) is 5.32 Å². The second-order valence-electron chi connectivity index (χ2n) is 0.994. The van der Waals surface area contributed by atoms with E-state index in [1.807, 2.05) is 6.92 Å². The van der Waals surface area contributed by atoms with E-state index >= 15 is 0 Å². The smallest absolute Gasteiger partial charge is 0.0140 e. The Morgan fingerprint density at radius 1 is 1.83 bits per heavy atom. The van der Waals surface area contributed by atoms with Gasteiger partial charge in [-0.1, -0.05) is 6.92 Å². The lowest BCUT2D eigenvalue weighted by molar-refractivity contribution is 1.00. The first-order valence-electron chi connectivity index (χ1n) is 1.90. The molecule has 0 unspecified atom stereocenters. The van der Waals surface area contributed by atoms with Gasteiger partial charge in [0.05, 0.1) is 0 Å². The minimum atomic E-state index is 0.718. The SMILES string of the molecule is [CH]=C([CH]C)NC. The molecular formula is C5H9N. The molecule has 0 aliphatic carbocycles. The van der Waals surface area contributed by atoms with E-state index in [2.05, 4.69) is 5.32 Å². The van der Waals surface area contributed by atoms with E-state index in [0.29, 0.717) is 0 Å². The molecule has 0 atom stereocenters. The summed E-state index contributed by atoms with van der Waals surface area (Å²) in [5.74, 6) is 0. The minimum absolute atomic E-state index is 0.718. The maximum atomic E-state index is 5.22. The highest BCUT2D eigenvalue weighted by Gasteiger charge is 1.76. The highest BCUT2D eigenvalue weighted by molar-refractivity contribution is 4.98. The van der Waals surface area contributed by atoms with Crippen molar-refractivity contribution in [1.29, 1.82) is 0 Å². The van der Waals surface area contributed by atoms with Crippen LogP contribution in [0.25, 0.3) is 0 Å². The summed E-state index contributed by atoms with van der Waals surface area (Å²) in [4.78, 5) is 0. The molecule has 0 aliphatic heterocycles. The average molecular weight is 83.1 g/mol. The fourth-order valence-corrected chi connectivity index (χ4v) is 0.144. The molecule has 2 radical (unpaired) electrons. The summed E-state index contributed by atoms with van der Waals surface area (Å²) in [6.07, 6.45) is 1.81. The zero-order chi connectivity index (χ0) is 4.99. The second kappa shape index (κ2) is 2.76. The molecule has 6 heavy (non-hydrogen) atoms. The van der Waals surface area contributed by atoms with E-state index in [0.717, 1.165) is 5.70 Å². The van der Waals surface area contributed by atoms with Gasteiger partial charge in [-0.15, -0.1) is 0 Å². The molecule has 1 heteroatoms. The summed E-state index contributed by atoms with van der Waals surface area (Å²) in [5.41, 5.74) is 0.718. The van der Waals surface area contributed by atoms with Crippen LogP contribution < -0.4 is 5.32 Å². The zero-order valence-corrected chi connectivity index (χ0v) is 4.15. The van der Waals surface area contributed by atoms with Crippen LogP contribution in [-0.2, 0) is 0 Å². The largest absolute Gasteiger partial charge is 0.391 e. The third-order valence-corrected chi connectivity index (χ3v) is 0.600. The van der Waals surface area contributed by atoms with Crippen molar-refractivity contribution < 1.29 is 0 Å². The van der Waals surface area contributed by atoms with E-state index in [4.69, 9.17) is 6.58 Å². The molecule has 0 fully saturated rings. The summed E-state index contributed by atoms with van der Waals surface area (Å²) in [7, 11) is 1.79. The Hall–Kier alpha value is -0.460. The number of allylic oxidation sites excluding steroid dienone is 1. The summed E-state index contributed by atoms with van der Waals surface area (Å²) in [5, 5.41) is 2.75. The molecule has 0 bridgehead atoms. The van der Waals surface area contributed by atoms with Gasteiger partial charge in [0.1, 0.15) is 0 Å². The maximum absolute atomic E-state index is 5.22. The Morgan fingerprint density at radius 2 is 2.33 bits per heavy atom. The van der Waals surface area contributed by atoms with Crippen LogP contribution in [0.3, 0.4) is 0 Å². The molecule has 0 saturated carbocycles. The van der Waals surface area contributed by atoms with E-state index in [1.165, 1.54) is 0 Å². The Bertz CT molecular complexity index is 41.9. The molecule has 0 spiro atoms. The summed E-state index contributed by atoms with van der Waals surface area (Å²) in [6.45, 7) is 7.10. The Balaban J connectivity index is 2.99. The average Bonchev–Trinajstić information content (AvgIpc) is 1.65. The highest BCUT2D eigenvalue weighted by atomic mass is 14.8. The first-order chi connectivity index (χ1) is 2.81. The van der Waals surface area contributed by atoms with Crippen LogP contribution >= 0.6 is 0 Å². The van der Waals surface area contributed by atoms with E-state index in [-0.39, 0.29) is 0 Å². The Morgan fingerprint density at radius 3 is 2.33 bits per heavy atom. The van der Waals surface area contributed by atoms with Gasteiger partial charge in [-0.25, -0.2) is 0 Å². The minimum Gasteiger partial charge on any atom is -0.391 e. The predicted octanol–water partition coefficient (Wildman–Crippen LogP) is 0.747. The van der Waals surface area contributed by atoms with Crippen LogP contribution in [0.5, 0.6) is 0 Å².